The van der Waals surface area contributed by atoms with E-state index >= 15 is 0 Å². The largest absolute Gasteiger partial charge is 0.346 e. The van der Waals surface area contributed by atoms with Gasteiger partial charge in [-0.25, -0.2) is 9.97 Å². The molecule has 0 amide bonds. The first-order valence-electron chi connectivity index (χ1n) is 7.99. The number of benzene rings is 1. The molecule has 0 bridgehead atoms. The summed E-state index contributed by atoms with van der Waals surface area (Å²) in [6.45, 7) is 0.937. The number of fused-ring (bicyclic) bond motifs is 2. The van der Waals surface area contributed by atoms with Gasteiger partial charge in [0.2, 0.25) is 0 Å². The van der Waals surface area contributed by atoms with Crippen LogP contribution in [-0.2, 0) is 6.42 Å². The number of hydrogen-bond donors (Lipinski definition) is 1. The van der Waals surface area contributed by atoms with Crippen molar-refractivity contribution in [1.82, 2.24) is 19.9 Å². The number of aromatic amines is 1. The van der Waals surface area contributed by atoms with E-state index in [-0.39, 0.29) is 0 Å². The van der Waals surface area contributed by atoms with Crippen molar-refractivity contribution < 1.29 is 0 Å². The van der Waals surface area contributed by atoms with Crippen LogP contribution in [0.1, 0.15) is 5.56 Å². The molecule has 3 aromatic heterocycles. The lowest BCUT2D eigenvalue weighted by molar-refractivity contribution is 0.965. The van der Waals surface area contributed by atoms with Gasteiger partial charge < -0.3 is 9.88 Å². The van der Waals surface area contributed by atoms with Crippen molar-refractivity contribution in [3.05, 3.63) is 66.7 Å². The van der Waals surface area contributed by atoms with Crippen LogP contribution in [0.15, 0.2) is 61.2 Å². The second-order valence-electron chi connectivity index (χ2n) is 5.93. The van der Waals surface area contributed by atoms with E-state index in [1.807, 2.05) is 24.7 Å². The summed E-state index contributed by atoms with van der Waals surface area (Å²) in [6, 6.07) is 12.6. The lowest BCUT2D eigenvalue weighted by atomic mass is 10.2. The average molecular weight is 313 g/mol. The number of nitrogens with zero attached hydrogens (tertiary/aromatic N) is 4. The van der Waals surface area contributed by atoms with Crippen molar-refractivity contribution >= 4 is 22.5 Å². The molecule has 1 aliphatic heterocycles. The third-order valence-corrected chi connectivity index (χ3v) is 4.48. The maximum absolute atomic E-state index is 4.83. The van der Waals surface area contributed by atoms with E-state index in [1.54, 1.807) is 6.20 Å². The van der Waals surface area contributed by atoms with Crippen LogP contribution < -0.4 is 4.90 Å². The quantitative estimate of drug-likeness (QED) is 0.613. The fourth-order valence-corrected chi connectivity index (χ4v) is 3.28. The Bertz CT molecular complexity index is 1040. The van der Waals surface area contributed by atoms with Gasteiger partial charge in [0.25, 0.3) is 0 Å². The molecule has 116 valence electrons. The minimum Gasteiger partial charge on any atom is -0.346 e. The van der Waals surface area contributed by atoms with Crippen LogP contribution in [0.3, 0.4) is 0 Å². The lowest BCUT2D eigenvalue weighted by Crippen LogP contribution is -2.15. The zero-order chi connectivity index (χ0) is 15.9. The predicted molar refractivity (Wildman–Crippen MR) is 94.3 cm³/mol. The van der Waals surface area contributed by atoms with Crippen LogP contribution >= 0.6 is 0 Å². The number of aromatic nitrogens is 4. The molecule has 5 nitrogen and oxygen atoms in total. The summed E-state index contributed by atoms with van der Waals surface area (Å²) < 4.78 is 0. The van der Waals surface area contributed by atoms with Gasteiger partial charge in [-0.2, -0.15) is 0 Å². The molecule has 5 heteroatoms. The van der Waals surface area contributed by atoms with Crippen LogP contribution in [0.4, 0.5) is 11.5 Å². The van der Waals surface area contributed by atoms with Gasteiger partial charge in [-0.05, 0) is 30.2 Å². The second-order valence-corrected chi connectivity index (χ2v) is 5.93. The first-order chi connectivity index (χ1) is 11.9. The summed E-state index contributed by atoms with van der Waals surface area (Å²) in [6.07, 6.45) is 8.39. The standard InChI is InChI=1S/C19H15N5/c1-2-4-17-13(3-1)6-8-24(17)18-12-20-11-16(23-18)15-9-14-5-7-21-19(14)22-10-15/h1-5,7,9-12H,6,8H2,(H,21,22). The predicted octanol–water partition coefficient (Wildman–Crippen LogP) is 3.71. The Hall–Kier alpha value is -3.21. The smallest absolute Gasteiger partial charge is 0.152 e. The van der Waals surface area contributed by atoms with Crippen LogP contribution in [0.25, 0.3) is 22.3 Å². The molecule has 0 spiro atoms. The minimum absolute atomic E-state index is 0.840. The van der Waals surface area contributed by atoms with Crippen molar-refractivity contribution in [2.45, 2.75) is 6.42 Å². The van der Waals surface area contributed by atoms with Gasteiger partial charge in [-0.15, -0.1) is 0 Å². The van der Waals surface area contributed by atoms with Crippen molar-refractivity contribution in [3.63, 3.8) is 0 Å². The Kier molecular flexibility index (Phi) is 2.85. The van der Waals surface area contributed by atoms with E-state index in [0.717, 1.165) is 41.1 Å². The first kappa shape index (κ1) is 13.2. The topological polar surface area (TPSA) is 57.7 Å². The number of nitrogens with one attached hydrogen (secondary N) is 1. The highest BCUT2D eigenvalue weighted by molar-refractivity contribution is 5.80. The number of hydrogen-bond acceptors (Lipinski definition) is 4. The molecular weight excluding hydrogens is 298 g/mol. The highest BCUT2D eigenvalue weighted by atomic mass is 15.2. The summed E-state index contributed by atoms with van der Waals surface area (Å²) >= 11 is 0. The Labute approximate surface area is 139 Å². The monoisotopic (exact) mass is 313 g/mol. The molecule has 0 saturated heterocycles. The molecule has 1 aliphatic rings. The number of para-hydroxylation sites is 1. The van der Waals surface area contributed by atoms with Crippen molar-refractivity contribution in [1.29, 1.82) is 0 Å². The summed E-state index contributed by atoms with van der Waals surface area (Å²) in [4.78, 5) is 19.0. The number of anilines is 2. The normalized spacial score (nSPS) is 13.4. The Morgan fingerprint density at radius 2 is 2.00 bits per heavy atom. The zero-order valence-electron chi connectivity index (χ0n) is 13.0. The van der Waals surface area contributed by atoms with Gasteiger partial charge in [0, 0.05) is 35.6 Å². The van der Waals surface area contributed by atoms with E-state index in [2.05, 4.69) is 50.2 Å². The fourth-order valence-electron chi connectivity index (χ4n) is 3.28. The van der Waals surface area contributed by atoms with Gasteiger partial charge in [0.05, 0.1) is 18.1 Å². The zero-order valence-corrected chi connectivity index (χ0v) is 13.0. The Morgan fingerprint density at radius 1 is 1.04 bits per heavy atom. The van der Waals surface area contributed by atoms with Gasteiger partial charge in [0.15, 0.2) is 5.82 Å². The first-order valence-corrected chi connectivity index (χ1v) is 7.99. The molecule has 0 radical (unpaired) electrons. The van der Waals surface area contributed by atoms with Gasteiger partial charge >= 0.3 is 0 Å². The van der Waals surface area contributed by atoms with E-state index in [0.29, 0.717) is 0 Å². The molecule has 1 aromatic carbocycles. The summed E-state index contributed by atoms with van der Waals surface area (Å²) in [7, 11) is 0. The minimum atomic E-state index is 0.840. The Balaban J connectivity index is 1.57. The third-order valence-electron chi connectivity index (χ3n) is 4.48. The third kappa shape index (κ3) is 2.06. The molecule has 0 saturated carbocycles. The Morgan fingerprint density at radius 3 is 3.00 bits per heavy atom. The maximum atomic E-state index is 4.83. The molecule has 0 unspecified atom stereocenters. The molecule has 1 N–H and O–H groups in total. The summed E-state index contributed by atoms with van der Waals surface area (Å²) in [5.41, 5.74) is 5.29. The number of rotatable bonds is 2. The molecule has 4 aromatic rings. The van der Waals surface area contributed by atoms with E-state index in [9.17, 15) is 0 Å². The van der Waals surface area contributed by atoms with Crippen molar-refractivity contribution in [2.24, 2.45) is 0 Å². The second kappa shape index (κ2) is 5.16. The molecule has 0 fully saturated rings. The van der Waals surface area contributed by atoms with E-state index in [4.69, 9.17) is 4.98 Å². The summed E-state index contributed by atoms with van der Waals surface area (Å²) in [5, 5.41) is 1.08. The van der Waals surface area contributed by atoms with Crippen molar-refractivity contribution in [3.8, 4) is 11.3 Å². The van der Waals surface area contributed by atoms with Gasteiger partial charge in [-0.1, -0.05) is 18.2 Å². The van der Waals surface area contributed by atoms with Crippen LogP contribution in [0.2, 0.25) is 0 Å². The number of pyridine rings is 1. The molecule has 4 heterocycles. The highest BCUT2D eigenvalue weighted by Crippen LogP contribution is 2.33. The molecule has 0 aliphatic carbocycles. The fraction of sp³-hybridized carbons (Fsp3) is 0.105. The average Bonchev–Trinajstić information content (AvgIpc) is 3.28. The van der Waals surface area contributed by atoms with Crippen molar-refractivity contribution in [2.75, 3.05) is 11.4 Å². The van der Waals surface area contributed by atoms with E-state index < -0.39 is 0 Å². The summed E-state index contributed by atoms with van der Waals surface area (Å²) in [5.74, 6) is 0.881. The highest BCUT2D eigenvalue weighted by Gasteiger charge is 2.21. The molecule has 5 rings (SSSR count). The van der Waals surface area contributed by atoms with Crippen LogP contribution in [0, 0.1) is 0 Å². The van der Waals surface area contributed by atoms with Crippen LogP contribution in [-0.4, -0.2) is 26.5 Å². The SMILES string of the molecule is c1ccc2c(c1)CCN2c1cncc(-c2cnc3[nH]ccc3c2)n1. The van der Waals surface area contributed by atoms with E-state index in [1.165, 1.54) is 11.3 Å². The van der Waals surface area contributed by atoms with Gasteiger partial charge in [-0.3, -0.25) is 4.98 Å². The number of H-pyrrole nitrogens is 1. The maximum Gasteiger partial charge on any atom is 0.152 e. The molecular formula is C19H15N5. The van der Waals surface area contributed by atoms with Crippen LogP contribution in [0.5, 0.6) is 0 Å². The molecule has 24 heavy (non-hydrogen) atoms. The lowest BCUT2D eigenvalue weighted by Gasteiger charge is -2.18. The van der Waals surface area contributed by atoms with Gasteiger partial charge in [0.1, 0.15) is 5.65 Å². The molecule has 0 atom stereocenters.